The van der Waals surface area contributed by atoms with E-state index in [0.29, 0.717) is 5.69 Å². The van der Waals surface area contributed by atoms with Gasteiger partial charge in [-0.25, -0.2) is 4.39 Å². The highest BCUT2D eigenvalue weighted by molar-refractivity contribution is 6.00. The molecule has 1 aliphatic heterocycles. The Bertz CT molecular complexity index is 723. The van der Waals surface area contributed by atoms with E-state index in [2.05, 4.69) is 0 Å². The van der Waals surface area contributed by atoms with Crippen molar-refractivity contribution < 1.29 is 18.8 Å². The molecular weight excluding hydrogens is 337 g/mol. The fraction of sp³-hybridized carbons (Fsp3) is 0.526. The number of hydrogen-bond acceptors (Lipinski definition) is 3. The zero-order chi connectivity index (χ0) is 19.1. The summed E-state index contributed by atoms with van der Waals surface area (Å²) >= 11 is 0. The van der Waals surface area contributed by atoms with Gasteiger partial charge in [-0.3, -0.25) is 19.3 Å². The molecule has 0 unspecified atom stereocenters. The van der Waals surface area contributed by atoms with Gasteiger partial charge in [-0.05, 0) is 37.1 Å². The molecule has 0 aromatic heterocycles. The van der Waals surface area contributed by atoms with Crippen LogP contribution < -0.4 is 4.90 Å². The molecule has 1 saturated heterocycles. The normalized spacial score (nSPS) is 17.6. The van der Waals surface area contributed by atoms with E-state index in [-0.39, 0.29) is 49.3 Å². The summed E-state index contributed by atoms with van der Waals surface area (Å²) < 4.78 is 13.1. The third kappa shape index (κ3) is 3.86. The minimum atomic E-state index is -0.552. The average molecular weight is 361 g/mol. The molecule has 2 fully saturated rings. The molecule has 1 heterocycles. The number of carbonyl (C=O) groups is 3. The monoisotopic (exact) mass is 361 g/mol. The van der Waals surface area contributed by atoms with Gasteiger partial charge < -0.3 is 9.80 Å². The number of halogens is 1. The quantitative estimate of drug-likeness (QED) is 0.824. The molecular formula is C19H24FN3O3. The minimum absolute atomic E-state index is 0.00862. The van der Waals surface area contributed by atoms with E-state index < -0.39 is 5.41 Å². The maximum Gasteiger partial charge on any atom is 0.248 e. The second-order valence-corrected chi connectivity index (χ2v) is 7.95. The standard InChI is InChI=1S/C19H24FN3O3/c1-19(2,3)18(26)22(14-8-9-14)11-16(24)21-10-17(25)23(12-21)15-6-4-13(20)5-7-15/h4-7,14H,8-12H2,1-3H3. The van der Waals surface area contributed by atoms with Crippen molar-refractivity contribution in [3.63, 3.8) is 0 Å². The lowest BCUT2D eigenvalue weighted by molar-refractivity contribution is -0.145. The number of amides is 3. The molecule has 0 spiro atoms. The van der Waals surface area contributed by atoms with E-state index in [1.54, 1.807) is 4.90 Å². The van der Waals surface area contributed by atoms with Crippen LogP contribution in [0.2, 0.25) is 0 Å². The van der Waals surface area contributed by atoms with Crippen molar-refractivity contribution in [2.75, 3.05) is 24.7 Å². The van der Waals surface area contributed by atoms with Crippen molar-refractivity contribution in [1.29, 1.82) is 0 Å². The van der Waals surface area contributed by atoms with Gasteiger partial charge in [0.05, 0.1) is 0 Å². The summed E-state index contributed by atoms with van der Waals surface area (Å²) in [5, 5.41) is 0. The Balaban J connectivity index is 1.67. The number of anilines is 1. The molecule has 140 valence electrons. The van der Waals surface area contributed by atoms with Crippen LogP contribution in [-0.2, 0) is 14.4 Å². The van der Waals surface area contributed by atoms with Crippen LogP contribution in [0.25, 0.3) is 0 Å². The molecule has 2 aliphatic rings. The number of carbonyl (C=O) groups excluding carboxylic acids is 3. The molecule has 1 aliphatic carbocycles. The molecule has 1 aromatic carbocycles. The Morgan fingerprint density at radius 1 is 1.19 bits per heavy atom. The lowest BCUT2D eigenvalue weighted by Gasteiger charge is -2.30. The summed E-state index contributed by atoms with van der Waals surface area (Å²) in [5.74, 6) is -0.888. The van der Waals surface area contributed by atoms with Crippen molar-refractivity contribution in [3.05, 3.63) is 30.1 Å². The highest BCUT2D eigenvalue weighted by Gasteiger charge is 2.40. The maximum atomic E-state index is 13.1. The SMILES string of the molecule is CC(C)(C)C(=O)N(CC(=O)N1CC(=O)N(c2ccc(F)cc2)C1)C1CC1. The predicted octanol–water partition coefficient (Wildman–Crippen LogP) is 2.00. The fourth-order valence-electron chi connectivity index (χ4n) is 2.99. The summed E-state index contributed by atoms with van der Waals surface area (Å²) in [5.41, 5.74) is 0.000590. The van der Waals surface area contributed by atoms with Crippen LogP contribution in [0, 0.1) is 11.2 Å². The average Bonchev–Trinajstić information content (AvgIpc) is 3.34. The highest BCUT2D eigenvalue weighted by atomic mass is 19.1. The summed E-state index contributed by atoms with van der Waals surface area (Å²) in [6, 6.07) is 5.72. The van der Waals surface area contributed by atoms with Gasteiger partial charge in [-0.1, -0.05) is 20.8 Å². The minimum Gasteiger partial charge on any atom is -0.330 e. The third-order valence-corrected chi connectivity index (χ3v) is 4.63. The molecule has 3 rings (SSSR count). The molecule has 6 nitrogen and oxygen atoms in total. The van der Waals surface area contributed by atoms with Crippen LogP contribution in [0.5, 0.6) is 0 Å². The highest BCUT2D eigenvalue weighted by Crippen LogP contribution is 2.31. The van der Waals surface area contributed by atoms with E-state index in [4.69, 9.17) is 0 Å². The van der Waals surface area contributed by atoms with Crippen LogP contribution in [0.3, 0.4) is 0 Å². The smallest absolute Gasteiger partial charge is 0.248 e. The summed E-state index contributed by atoms with van der Waals surface area (Å²) in [7, 11) is 0. The Hall–Kier alpha value is -2.44. The number of nitrogens with zero attached hydrogens (tertiary/aromatic N) is 3. The molecule has 0 bridgehead atoms. The van der Waals surface area contributed by atoms with Crippen LogP contribution >= 0.6 is 0 Å². The second-order valence-electron chi connectivity index (χ2n) is 7.95. The Labute approximate surface area is 152 Å². The zero-order valence-corrected chi connectivity index (χ0v) is 15.4. The van der Waals surface area contributed by atoms with Crippen molar-refractivity contribution in [2.45, 2.75) is 39.7 Å². The summed E-state index contributed by atoms with van der Waals surface area (Å²) in [6.45, 7) is 5.59. The van der Waals surface area contributed by atoms with Crippen LogP contribution in [0.1, 0.15) is 33.6 Å². The molecule has 0 radical (unpaired) electrons. The van der Waals surface area contributed by atoms with E-state index >= 15 is 0 Å². The van der Waals surface area contributed by atoms with Crippen LogP contribution in [0.4, 0.5) is 10.1 Å². The van der Waals surface area contributed by atoms with E-state index in [9.17, 15) is 18.8 Å². The summed E-state index contributed by atoms with van der Waals surface area (Å²) in [4.78, 5) is 42.1. The van der Waals surface area contributed by atoms with Gasteiger partial charge in [-0.2, -0.15) is 0 Å². The summed E-state index contributed by atoms with van der Waals surface area (Å²) in [6.07, 6.45) is 1.82. The Morgan fingerprint density at radius 2 is 1.81 bits per heavy atom. The van der Waals surface area contributed by atoms with Crippen LogP contribution in [0.15, 0.2) is 24.3 Å². The molecule has 0 atom stereocenters. The van der Waals surface area contributed by atoms with Gasteiger partial charge in [-0.15, -0.1) is 0 Å². The van der Waals surface area contributed by atoms with Gasteiger partial charge in [0.1, 0.15) is 25.6 Å². The molecule has 3 amide bonds. The van der Waals surface area contributed by atoms with E-state index in [1.807, 2.05) is 20.8 Å². The van der Waals surface area contributed by atoms with Gasteiger partial charge in [0.25, 0.3) is 0 Å². The van der Waals surface area contributed by atoms with Gasteiger partial charge >= 0.3 is 0 Å². The predicted molar refractivity (Wildman–Crippen MR) is 94.7 cm³/mol. The fourth-order valence-corrected chi connectivity index (χ4v) is 2.99. The Morgan fingerprint density at radius 3 is 2.35 bits per heavy atom. The number of hydrogen-bond donors (Lipinski definition) is 0. The van der Waals surface area contributed by atoms with Gasteiger partial charge in [0, 0.05) is 17.1 Å². The lowest BCUT2D eigenvalue weighted by atomic mass is 9.94. The third-order valence-electron chi connectivity index (χ3n) is 4.63. The first-order valence-corrected chi connectivity index (χ1v) is 8.81. The first kappa shape index (κ1) is 18.4. The maximum absolute atomic E-state index is 13.1. The number of benzene rings is 1. The largest absolute Gasteiger partial charge is 0.330 e. The molecule has 7 heteroatoms. The van der Waals surface area contributed by atoms with Gasteiger partial charge in [0.15, 0.2) is 0 Å². The van der Waals surface area contributed by atoms with Crippen molar-refractivity contribution >= 4 is 23.4 Å². The molecule has 0 N–H and O–H groups in total. The Kier molecular flexibility index (Phi) is 4.73. The first-order chi connectivity index (χ1) is 12.2. The van der Waals surface area contributed by atoms with Crippen LogP contribution in [-0.4, -0.2) is 53.3 Å². The van der Waals surface area contributed by atoms with Crippen molar-refractivity contribution in [3.8, 4) is 0 Å². The zero-order valence-electron chi connectivity index (χ0n) is 15.4. The van der Waals surface area contributed by atoms with Crippen molar-refractivity contribution in [2.24, 2.45) is 5.41 Å². The molecule has 26 heavy (non-hydrogen) atoms. The lowest BCUT2D eigenvalue weighted by Crippen LogP contribution is -2.47. The number of rotatable bonds is 4. The molecule has 1 saturated carbocycles. The molecule has 1 aromatic rings. The van der Waals surface area contributed by atoms with E-state index in [0.717, 1.165) is 12.8 Å². The van der Waals surface area contributed by atoms with Crippen molar-refractivity contribution in [1.82, 2.24) is 9.80 Å². The second kappa shape index (κ2) is 6.70. The first-order valence-electron chi connectivity index (χ1n) is 8.81. The van der Waals surface area contributed by atoms with E-state index in [1.165, 1.54) is 34.1 Å². The topological polar surface area (TPSA) is 60.9 Å². The van der Waals surface area contributed by atoms with Gasteiger partial charge in [0.2, 0.25) is 17.7 Å².